The van der Waals surface area contributed by atoms with Gasteiger partial charge in [0.25, 0.3) is 0 Å². The maximum Gasteiger partial charge on any atom is 0.227 e. The quantitative estimate of drug-likeness (QED) is 0.263. The van der Waals surface area contributed by atoms with E-state index in [1.165, 1.54) is 18.5 Å². The fourth-order valence-corrected chi connectivity index (χ4v) is 3.74. The lowest BCUT2D eigenvalue weighted by molar-refractivity contribution is -0.116. The fourth-order valence-electron chi connectivity index (χ4n) is 2.97. The van der Waals surface area contributed by atoms with Gasteiger partial charge in [0.2, 0.25) is 5.91 Å². The summed E-state index contributed by atoms with van der Waals surface area (Å²) in [6.45, 7) is 0.265. The number of hydrogen-bond donors (Lipinski definition) is 2. The van der Waals surface area contributed by atoms with Crippen LogP contribution in [-0.4, -0.2) is 22.5 Å². The Morgan fingerprint density at radius 2 is 1.91 bits per heavy atom. The zero-order valence-corrected chi connectivity index (χ0v) is 19.5. The van der Waals surface area contributed by atoms with Crippen molar-refractivity contribution in [1.29, 1.82) is 0 Å². The Hall–Kier alpha value is -2.98. The van der Waals surface area contributed by atoms with Gasteiger partial charge in [-0.15, -0.1) is 0 Å². The van der Waals surface area contributed by atoms with E-state index in [9.17, 15) is 9.18 Å². The first-order valence-electron chi connectivity index (χ1n) is 9.63. The molecule has 0 fully saturated rings. The van der Waals surface area contributed by atoms with Crippen molar-refractivity contribution in [3.63, 3.8) is 0 Å². The number of carbonyl (C=O) groups is 1. The topological polar surface area (TPSA) is 76.1 Å². The number of nitrogens with one attached hydrogen (secondary N) is 2. The molecule has 0 radical (unpaired) electrons. The molecule has 162 valence electrons. The third kappa shape index (κ3) is 5.43. The Kier molecular flexibility index (Phi) is 7.01. The van der Waals surface area contributed by atoms with E-state index < -0.39 is 5.82 Å². The van der Waals surface area contributed by atoms with Gasteiger partial charge in [-0.1, -0.05) is 29.8 Å². The van der Waals surface area contributed by atoms with Crippen LogP contribution in [0.2, 0.25) is 5.02 Å². The van der Waals surface area contributed by atoms with Crippen LogP contribution in [0, 0.1) is 9.39 Å². The second kappa shape index (κ2) is 10.1. The van der Waals surface area contributed by atoms with E-state index in [-0.39, 0.29) is 24.0 Å². The van der Waals surface area contributed by atoms with E-state index >= 15 is 0 Å². The lowest BCUT2D eigenvalue weighted by Crippen LogP contribution is -2.16. The number of anilines is 3. The average Bonchev–Trinajstić information content (AvgIpc) is 2.78. The SMILES string of the molecule is O=C(CCOc1ccccc1)Nc1cc2c(Nc3ccc(F)c(Cl)c3)ncnc2cc1I. The minimum atomic E-state index is -0.499. The van der Waals surface area contributed by atoms with Crippen molar-refractivity contribution in [3.8, 4) is 5.75 Å². The zero-order valence-electron chi connectivity index (χ0n) is 16.6. The van der Waals surface area contributed by atoms with Crippen molar-refractivity contribution in [2.24, 2.45) is 0 Å². The van der Waals surface area contributed by atoms with Crippen LogP contribution in [0.5, 0.6) is 5.75 Å². The number of para-hydroxylation sites is 1. The Balaban J connectivity index is 1.50. The second-order valence-corrected chi connectivity index (χ2v) is 8.35. The van der Waals surface area contributed by atoms with Gasteiger partial charge in [0.1, 0.15) is 23.7 Å². The molecule has 0 aliphatic carbocycles. The second-order valence-electron chi connectivity index (χ2n) is 6.79. The summed E-state index contributed by atoms with van der Waals surface area (Å²) in [6.07, 6.45) is 1.64. The molecule has 3 aromatic carbocycles. The minimum absolute atomic E-state index is 0.00795. The Bertz CT molecular complexity index is 1270. The average molecular weight is 563 g/mol. The van der Waals surface area contributed by atoms with Crippen molar-refractivity contribution in [2.45, 2.75) is 6.42 Å². The predicted molar refractivity (Wildman–Crippen MR) is 132 cm³/mol. The van der Waals surface area contributed by atoms with Gasteiger partial charge in [0.05, 0.1) is 29.3 Å². The molecule has 0 saturated heterocycles. The molecule has 0 atom stereocenters. The van der Waals surface area contributed by atoms with Gasteiger partial charge in [0, 0.05) is 14.6 Å². The monoisotopic (exact) mass is 562 g/mol. The first kappa shape index (κ1) is 22.2. The maximum absolute atomic E-state index is 13.5. The van der Waals surface area contributed by atoms with E-state index in [0.29, 0.717) is 33.8 Å². The van der Waals surface area contributed by atoms with Crippen molar-refractivity contribution >= 4 is 68.2 Å². The third-order valence-corrected chi connectivity index (χ3v) is 5.70. The normalized spacial score (nSPS) is 10.7. The Labute approximate surface area is 202 Å². The highest BCUT2D eigenvalue weighted by molar-refractivity contribution is 14.1. The molecule has 6 nitrogen and oxygen atoms in total. The standard InChI is InChI=1S/C23H17ClFIN4O2/c24-17-10-14(6-7-18(17)25)29-23-16-11-21(19(26)12-20(16)27-13-28-23)30-22(31)8-9-32-15-4-2-1-3-5-15/h1-7,10-13H,8-9H2,(H,30,31)(H,27,28,29). The number of hydrogen-bond acceptors (Lipinski definition) is 5. The molecule has 0 saturated carbocycles. The first-order chi connectivity index (χ1) is 15.5. The number of amides is 1. The molecule has 0 spiro atoms. The number of fused-ring (bicyclic) bond motifs is 1. The lowest BCUT2D eigenvalue weighted by atomic mass is 10.2. The van der Waals surface area contributed by atoms with Crippen molar-refractivity contribution in [1.82, 2.24) is 9.97 Å². The summed E-state index contributed by atoms with van der Waals surface area (Å²) >= 11 is 8.02. The summed E-state index contributed by atoms with van der Waals surface area (Å²) in [6, 6.07) is 17.3. The first-order valence-corrected chi connectivity index (χ1v) is 11.1. The third-order valence-electron chi connectivity index (χ3n) is 4.52. The number of halogens is 3. The maximum atomic E-state index is 13.5. The molecule has 1 amide bonds. The van der Waals surface area contributed by atoms with E-state index in [1.54, 1.807) is 12.1 Å². The molecule has 4 rings (SSSR count). The summed E-state index contributed by atoms with van der Waals surface area (Å²) in [4.78, 5) is 21.0. The molecule has 1 aromatic heterocycles. The number of aromatic nitrogens is 2. The molecule has 4 aromatic rings. The number of rotatable bonds is 7. The summed E-state index contributed by atoms with van der Waals surface area (Å²) < 4.78 is 19.9. The molecular weight excluding hydrogens is 546 g/mol. The van der Waals surface area contributed by atoms with Crippen LogP contribution in [0.3, 0.4) is 0 Å². The molecule has 32 heavy (non-hydrogen) atoms. The largest absolute Gasteiger partial charge is 0.493 e. The summed E-state index contributed by atoms with van der Waals surface area (Å²) in [5, 5.41) is 6.75. The van der Waals surface area contributed by atoms with Gasteiger partial charge in [0.15, 0.2) is 0 Å². The van der Waals surface area contributed by atoms with E-state index in [1.807, 2.05) is 36.4 Å². The molecule has 0 bridgehead atoms. The summed E-state index contributed by atoms with van der Waals surface area (Å²) in [5.74, 6) is 0.557. The Morgan fingerprint density at radius 1 is 1.09 bits per heavy atom. The van der Waals surface area contributed by atoms with Crippen LogP contribution < -0.4 is 15.4 Å². The van der Waals surface area contributed by atoms with Gasteiger partial charge in [-0.2, -0.15) is 0 Å². The summed E-state index contributed by atoms with van der Waals surface area (Å²) in [5.41, 5.74) is 1.92. The van der Waals surface area contributed by atoms with Crippen LogP contribution in [-0.2, 0) is 4.79 Å². The predicted octanol–water partition coefficient (Wildman–Crippen LogP) is 6.18. The summed E-state index contributed by atoms with van der Waals surface area (Å²) in [7, 11) is 0. The van der Waals surface area contributed by atoms with Crippen LogP contribution in [0.1, 0.15) is 6.42 Å². The molecular formula is C23H17ClFIN4O2. The highest BCUT2D eigenvalue weighted by atomic mass is 127. The molecule has 9 heteroatoms. The fraction of sp³-hybridized carbons (Fsp3) is 0.0870. The molecule has 0 aliphatic rings. The lowest BCUT2D eigenvalue weighted by Gasteiger charge is -2.13. The van der Waals surface area contributed by atoms with Crippen LogP contribution in [0.15, 0.2) is 67.0 Å². The highest BCUT2D eigenvalue weighted by Gasteiger charge is 2.12. The van der Waals surface area contributed by atoms with Gasteiger partial charge in [-0.3, -0.25) is 4.79 Å². The highest BCUT2D eigenvalue weighted by Crippen LogP contribution is 2.30. The van der Waals surface area contributed by atoms with Crippen LogP contribution >= 0.6 is 34.2 Å². The van der Waals surface area contributed by atoms with Gasteiger partial charge < -0.3 is 15.4 Å². The Morgan fingerprint density at radius 3 is 2.69 bits per heavy atom. The van der Waals surface area contributed by atoms with Gasteiger partial charge in [-0.25, -0.2) is 14.4 Å². The van der Waals surface area contributed by atoms with Crippen molar-refractivity contribution < 1.29 is 13.9 Å². The van der Waals surface area contributed by atoms with E-state index in [2.05, 4.69) is 43.2 Å². The molecule has 2 N–H and O–H groups in total. The number of nitrogens with zero attached hydrogens (tertiary/aromatic N) is 2. The van der Waals surface area contributed by atoms with Crippen LogP contribution in [0.4, 0.5) is 21.6 Å². The minimum Gasteiger partial charge on any atom is -0.493 e. The molecule has 0 unspecified atom stereocenters. The van der Waals surface area contributed by atoms with Gasteiger partial charge in [-0.05, 0) is 65.1 Å². The smallest absolute Gasteiger partial charge is 0.227 e. The van der Waals surface area contributed by atoms with E-state index in [4.69, 9.17) is 16.3 Å². The zero-order chi connectivity index (χ0) is 22.5. The van der Waals surface area contributed by atoms with Crippen molar-refractivity contribution in [3.05, 3.63) is 81.4 Å². The van der Waals surface area contributed by atoms with Crippen molar-refractivity contribution in [2.75, 3.05) is 17.2 Å². The molecule has 1 heterocycles. The number of carbonyl (C=O) groups excluding carboxylic acids is 1. The van der Waals surface area contributed by atoms with Gasteiger partial charge >= 0.3 is 0 Å². The van der Waals surface area contributed by atoms with Crippen LogP contribution in [0.25, 0.3) is 10.9 Å². The number of ether oxygens (including phenoxy) is 1. The number of benzene rings is 3. The van der Waals surface area contributed by atoms with E-state index in [0.717, 1.165) is 3.57 Å². The molecule has 0 aliphatic heterocycles.